The van der Waals surface area contributed by atoms with Gasteiger partial charge in [0.15, 0.2) is 0 Å². The Balaban J connectivity index is 1.75. The Morgan fingerprint density at radius 3 is 2.54 bits per heavy atom. The lowest BCUT2D eigenvalue weighted by Gasteiger charge is -2.35. The summed E-state index contributed by atoms with van der Waals surface area (Å²) in [5.74, 6) is -0.295. The van der Waals surface area contributed by atoms with Gasteiger partial charge in [-0.2, -0.15) is 13.2 Å². The highest BCUT2D eigenvalue weighted by atomic mass is 32.1. The number of halogens is 3. The predicted octanol–water partition coefficient (Wildman–Crippen LogP) is 2.97. The van der Waals surface area contributed by atoms with Gasteiger partial charge in [0.05, 0.1) is 30.3 Å². The van der Waals surface area contributed by atoms with Crippen molar-refractivity contribution in [2.75, 3.05) is 32.8 Å². The zero-order chi connectivity index (χ0) is 18.6. The zero-order valence-corrected chi connectivity index (χ0v) is 14.6. The van der Waals surface area contributed by atoms with Gasteiger partial charge in [0.25, 0.3) is 5.91 Å². The van der Waals surface area contributed by atoms with Crippen LogP contribution in [0.25, 0.3) is 0 Å². The van der Waals surface area contributed by atoms with E-state index in [1.807, 2.05) is 0 Å². The Kier molecular flexibility index (Phi) is 5.90. The molecule has 1 aromatic heterocycles. The average molecular weight is 385 g/mol. The summed E-state index contributed by atoms with van der Waals surface area (Å²) in [6, 6.07) is 4.86. The molecular weight excluding hydrogens is 367 g/mol. The van der Waals surface area contributed by atoms with Crippen molar-refractivity contribution >= 4 is 17.2 Å². The first kappa shape index (κ1) is 18.8. The fraction of sp³-hybridized carbons (Fsp3) is 0.412. The molecule has 1 fully saturated rings. The molecule has 2 aromatic rings. The topological polar surface area (TPSA) is 54.5 Å². The molecule has 5 nitrogen and oxygen atoms in total. The van der Waals surface area contributed by atoms with Gasteiger partial charge < -0.3 is 10.1 Å². The van der Waals surface area contributed by atoms with E-state index in [1.54, 1.807) is 10.9 Å². The Labute approximate surface area is 152 Å². The van der Waals surface area contributed by atoms with Crippen molar-refractivity contribution in [2.24, 2.45) is 0 Å². The van der Waals surface area contributed by atoms with Gasteiger partial charge in [-0.3, -0.25) is 9.69 Å². The second-order valence-corrected chi connectivity index (χ2v) is 6.59. The number of hydrogen-bond donors (Lipinski definition) is 1. The van der Waals surface area contributed by atoms with Crippen LogP contribution in [0.15, 0.2) is 35.2 Å². The molecule has 9 heteroatoms. The van der Waals surface area contributed by atoms with Crippen molar-refractivity contribution in [1.29, 1.82) is 0 Å². The lowest BCUT2D eigenvalue weighted by Crippen LogP contribution is -2.43. The quantitative estimate of drug-likeness (QED) is 0.860. The molecule has 1 aromatic carbocycles. The van der Waals surface area contributed by atoms with Crippen molar-refractivity contribution in [3.05, 3.63) is 52.0 Å². The van der Waals surface area contributed by atoms with E-state index in [1.165, 1.54) is 23.5 Å². The number of carbonyl (C=O) groups is 1. The normalized spacial score (nSPS) is 17.0. The number of morpholine rings is 1. The highest BCUT2D eigenvalue weighted by Crippen LogP contribution is 2.31. The van der Waals surface area contributed by atoms with Gasteiger partial charge in [0, 0.05) is 25.0 Å². The van der Waals surface area contributed by atoms with Crippen LogP contribution in [0.1, 0.15) is 27.7 Å². The third-order valence-electron chi connectivity index (χ3n) is 4.23. The first-order chi connectivity index (χ1) is 12.4. The molecule has 0 radical (unpaired) electrons. The summed E-state index contributed by atoms with van der Waals surface area (Å²) in [4.78, 5) is 18.2. The van der Waals surface area contributed by atoms with Gasteiger partial charge in [-0.15, -0.1) is 11.3 Å². The van der Waals surface area contributed by atoms with E-state index in [0.717, 1.165) is 17.7 Å². The van der Waals surface area contributed by atoms with Crippen LogP contribution in [0.2, 0.25) is 0 Å². The van der Waals surface area contributed by atoms with E-state index in [-0.39, 0.29) is 18.5 Å². The first-order valence-corrected chi connectivity index (χ1v) is 9.05. The van der Waals surface area contributed by atoms with Crippen LogP contribution in [0.3, 0.4) is 0 Å². The van der Waals surface area contributed by atoms with Crippen LogP contribution in [0, 0.1) is 0 Å². The zero-order valence-electron chi connectivity index (χ0n) is 13.8. The molecule has 1 aliphatic heterocycles. The molecule has 3 rings (SSSR count). The van der Waals surface area contributed by atoms with E-state index < -0.39 is 11.7 Å². The molecule has 0 saturated carbocycles. The van der Waals surface area contributed by atoms with Gasteiger partial charge in [-0.05, 0) is 17.7 Å². The standard InChI is InChI=1S/C17H18F3N3O2S/c18-17(19,20)13-3-1-12(2-4-13)15(23-5-7-25-8-6-23)9-21-16(24)14-10-26-11-22-14/h1-4,10-11,15H,5-9H2,(H,21,24). The average Bonchev–Trinajstić information content (AvgIpc) is 3.17. The van der Waals surface area contributed by atoms with Gasteiger partial charge >= 0.3 is 6.18 Å². The van der Waals surface area contributed by atoms with Crippen molar-refractivity contribution in [3.63, 3.8) is 0 Å². The number of amides is 1. The second kappa shape index (κ2) is 8.15. The van der Waals surface area contributed by atoms with E-state index >= 15 is 0 Å². The molecule has 1 saturated heterocycles. The number of aromatic nitrogens is 1. The third kappa shape index (κ3) is 4.60. The summed E-state index contributed by atoms with van der Waals surface area (Å²) in [5, 5.41) is 4.48. The van der Waals surface area contributed by atoms with Crippen molar-refractivity contribution < 1.29 is 22.7 Å². The summed E-state index contributed by atoms with van der Waals surface area (Å²) in [6.07, 6.45) is -4.37. The minimum Gasteiger partial charge on any atom is -0.379 e. The molecule has 0 bridgehead atoms. The van der Waals surface area contributed by atoms with Crippen molar-refractivity contribution in [3.8, 4) is 0 Å². The highest BCUT2D eigenvalue weighted by Gasteiger charge is 2.31. The van der Waals surface area contributed by atoms with Gasteiger partial charge in [0.2, 0.25) is 0 Å². The SMILES string of the molecule is O=C(NCC(c1ccc(C(F)(F)F)cc1)N1CCOCC1)c1cscn1. The molecule has 1 unspecified atom stereocenters. The van der Waals surface area contributed by atoms with Crippen LogP contribution in [-0.2, 0) is 10.9 Å². The van der Waals surface area contributed by atoms with E-state index in [4.69, 9.17) is 4.74 Å². The summed E-state index contributed by atoms with van der Waals surface area (Å²) < 4.78 is 43.7. The monoisotopic (exact) mass is 385 g/mol. The van der Waals surface area contributed by atoms with Crippen LogP contribution in [-0.4, -0.2) is 48.6 Å². The number of ether oxygens (including phenoxy) is 1. The van der Waals surface area contributed by atoms with Crippen LogP contribution in [0.4, 0.5) is 13.2 Å². The van der Waals surface area contributed by atoms with Crippen molar-refractivity contribution in [1.82, 2.24) is 15.2 Å². The molecule has 1 N–H and O–H groups in total. The number of alkyl halides is 3. The fourth-order valence-electron chi connectivity index (χ4n) is 2.85. The number of nitrogens with one attached hydrogen (secondary N) is 1. The van der Waals surface area contributed by atoms with Gasteiger partial charge in [0.1, 0.15) is 5.69 Å². The lowest BCUT2D eigenvalue weighted by molar-refractivity contribution is -0.137. The maximum atomic E-state index is 12.8. The molecular formula is C17H18F3N3O2S. The van der Waals surface area contributed by atoms with Gasteiger partial charge in [-0.25, -0.2) is 4.98 Å². The number of carbonyl (C=O) groups excluding carboxylic acids is 1. The Hall–Kier alpha value is -1.97. The maximum Gasteiger partial charge on any atom is 0.416 e. The maximum absolute atomic E-state index is 12.8. The summed E-state index contributed by atoms with van der Waals surface area (Å²) >= 11 is 1.33. The first-order valence-electron chi connectivity index (χ1n) is 8.10. The minimum atomic E-state index is -4.37. The number of rotatable bonds is 5. The number of thiazole rings is 1. The van der Waals surface area contributed by atoms with Gasteiger partial charge in [-0.1, -0.05) is 12.1 Å². The number of hydrogen-bond acceptors (Lipinski definition) is 5. The smallest absolute Gasteiger partial charge is 0.379 e. The Morgan fingerprint density at radius 1 is 1.27 bits per heavy atom. The number of nitrogens with zero attached hydrogens (tertiary/aromatic N) is 2. The predicted molar refractivity (Wildman–Crippen MR) is 91.0 cm³/mol. The van der Waals surface area contributed by atoms with E-state index in [0.29, 0.717) is 32.0 Å². The van der Waals surface area contributed by atoms with Crippen LogP contribution in [0.5, 0.6) is 0 Å². The molecule has 1 aliphatic rings. The lowest BCUT2D eigenvalue weighted by atomic mass is 10.0. The fourth-order valence-corrected chi connectivity index (χ4v) is 3.38. The molecule has 26 heavy (non-hydrogen) atoms. The van der Waals surface area contributed by atoms with Crippen LogP contribution >= 0.6 is 11.3 Å². The summed E-state index contributed by atoms with van der Waals surface area (Å²) in [7, 11) is 0. The third-order valence-corrected chi connectivity index (χ3v) is 4.82. The minimum absolute atomic E-state index is 0.233. The molecule has 0 spiro atoms. The summed E-state index contributed by atoms with van der Waals surface area (Å²) in [5.41, 5.74) is 1.94. The Bertz CT molecular complexity index is 714. The molecule has 0 aliphatic carbocycles. The largest absolute Gasteiger partial charge is 0.416 e. The Morgan fingerprint density at radius 2 is 1.96 bits per heavy atom. The molecule has 140 valence electrons. The molecule has 1 amide bonds. The number of benzene rings is 1. The van der Waals surface area contributed by atoms with Crippen LogP contribution < -0.4 is 5.32 Å². The van der Waals surface area contributed by atoms with E-state index in [2.05, 4.69) is 15.2 Å². The van der Waals surface area contributed by atoms with Crippen molar-refractivity contribution in [2.45, 2.75) is 12.2 Å². The highest BCUT2D eigenvalue weighted by molar-refractivity contribution is 7.07. The second-order valence-electron chi connectivity index (χ2n) is 5.87. The summed E-state index contributed by atoms with van der Waals surface area (Å²) in [6.45, 7) is 2.69. The molecule has 1 atom stereocenters. The molecule has 2 heterocycles. The van der Waals surface area contributed by atoms with E-state index in [9.17, 15) is 18.0 Å².